The molecule has 10 heteroatoms. The van der Waals surface area contributed by atoms with E-state index in [2.05, 4.69) is 163 Å². The van der Waals surface area contributed by atoms with Gasteiger partial charge in [0.25, 0.3) is 0 Å². The summed E-state index contributed by atoms with van der Waals surface area (Å²) in [6.45, 7) is 12.4. The number of ether oxygens (including phenoxy) is 4. The van der Waals surface area contributed by atoms with Crippen LogP contribution in [-0.4, -0.2) is 60.8 Å². The normalized spacial score (nSPS) is 12.0. The molecule has 2 unspecified atom stereocenters. The van der Waals surface area contributed by atoms with E-state index in [1.807, 2.05) is 68.4 Å². The highest BCUT2D eigenvalue weighted by Gasteiger charge is 2.18. The molecule has 0 aliphatic carbocycles. The van der Waals surface area contributed by atoms with Crippen LogP contribution < -0.4 is 19.3 Å². The SMILES string of the molecule is C=CC(=O)OCC(O)COc1ccc(N(c2ccccc2)c2ccc(/C=C/c3ccc(/C=C/c4ccc(N(c5ccc(C)cc5)c5ccc(OCC(O)COC(=O)C=C)cc5C)cc4)cc3)cc2)c(C)c1. The van der Waals surface area contributed by atoms with Gasteiger partial charge in [0.15, 0.2) is 0 Å². The number of nitrogens with zero attached hydrogens (tertiary/aromatic N) is 2. The van der Waals surface area contributed by atoms with Gasteiger partial charge in [0.1, 0.15) is 50.1 Å². The summed E-state index contributed by atoms with van der Waals surface area (Å²) >= 11 is 0. The Morgan fingerprint density at radius 1 is 0.465 bits per heavy atom. The number of para-hydroxylation sites is 1. The fourth-order valence-electron chi connectivity index (χ4n) is 7.59. The Bertz CT molecular complexity index is 2950. The lowest BCUT2D eigenvalue weighted by Crippen LogP contribution is -2.24. The quantitative estimate of drug-likeness (QED) is 0.0386. The Morgan fingerprint density at radius 3 is 1.15 bits per heavy atom. The molecule has 360 valence electrons. The molecule has 0 spiro atoms. The molecule has 0 saturated carbocycles. The molecule has 7 aromatic rings. The van der Waals surface area contributed by atoms with Crippen molar-refractivity contribution in [1.29, 1.82) is 0 Å². The highest BCUT2D eigenvalue weighted by Crippen LogP contribution is 2.39. The second-order valence-electron chi connectivity index (χ2n) is 16.9. The molecule has 10 nitrogen and oxygen atoms in total. The Hall–Kier alpha value is -8.44. The number of carbonyl (C=O) groups is 2. The Labute approximate surface area is 416 Å². The molecular formula is C61H58N2O8. The van der Waals surface area contributed by atoms with E-state index in [0.29, 0.717) is 11.5 Å². The maximum Gasteiger partial charge on any atom is 0.330 e. The zero-order chi connectivity index (χ0) is 50.1. The molecular weight excluding hydrogens is 889 g/mol. The first-order chi connectivity index (χ1) is 34.5. The minimum Gasteiger partial charge on any atom is -0.491 e. The molecule has 0 aliphatic rings. The van der Waals surface area contributed by atoms with Gasteiger partial charge < -0.3 is 39.0 Å². The first-order valence-corrected chi connectivity index (χ1v) is 23.3. The van der Waals surface area contributed by atoms with Gasteiger partial charge in [0.2, 0.25) is 0 Å². The summed E-state index contributed by atoms with van der Waals surface area (Å²) in [7, 11) is 0. The number of hydrogen-bond acceptors (Lipinski definition) is 10. The molecule has 0 radical (unpaired) electrons. The van der Waals surface area contributed by atoms with Crippen LogP contribution in [0.2, 0.25) is 0 Å². The zero-order valence-corrected chi connectivity index (χ0v) is 40.2. The summed E-state index contributed by atoms with van der Waals surface area (Å²) in [5.41, 5.74) is 13.4. The van der Waals surface area contributed by atoms with Crippen LogP contribution in [0.5, 0.6) is 11.5 Å². The summed E-state index contributed by atoms with van der Waals surface area (Å²) in [4.78, 5) is 27.1. The van der Waals surface area contributed by atoms with Crippen LogP contribution >= 0.6 is 0 Å². The van der Waals surface area contributed by atoms with E-state index in [1.165, 1.54) is 5.56 Å². The number of aliphatic hydroxyl groups is 2. The maximum absolute atomic E-state index is 11.4. The average molecular weight is 947 g/mol. The second-order valence-corrected chi connectivity index (χ2v) is 16.9. The molecule has 7 aromatic carbocycles. The number of hydrogen-bond donors (Lipinski definition) is 2. The van der Waals surface area contributed by atoms with E-state index in [0.717, 1.165) is 79.7 Å². The molecule has 0 amide bonds. The second kappa shape index (κ2) is 24.7. The first-order valence-electron chi connectivity index (χ1n) is 23.3. The van der Waals surface area contributed by atoms with Crippen LogP contribution in [-0.2, 0) is 19.1 Å². The van der Waals surface area contributed by atoms with E-state index >= 15 is 0 Å². The predicted octanol–water partition coefficient (Wildman–Crippen LogP) is 12.8. The topological polar surface area (TPSA) is 118 Å². The summed E-state index contributed by atoms with van der Waals surface area (Å²) in [6, 6.07) is 55.5. The summed E-state index contributed by atoms with van der Waals surface area (Å²) in [5.74, 6) is 0.00189. The average Bonchev–Trinajstić information content (AvgIpc) is 3.40. The van der Waals surface area contributed by atoms with Crippen LogP contribution in [0.4, 0.5) is 34.1 Å². The van der Waals surface area contributed by atoms with Crippen molar-refractivity contribution < 1.29 is 38.7 Å². The molecule has 2 atom stereocenters. The van der Waals surface area contributed by atoms with Crippen LogP contribution in [0.1, 0.15) is 38.9 Å². The van der Waals surface area contributed by atoms with Crippen LogP contribution in [0, 0.1) is 20.8 Å². The largest absolute Gasteiger partial charge is 0.491 e. The van der Waals surface area contributed by atoms with E-state index in [9.17, 15) is 19.8 Å². The molecule has 7 rings (SSSR count). The van der Waals surface area contributed by atoms with Crippen molar-refractivity contribution >= 4 is 70.4 Å². The lowest BCUT2D eigenvalue weighted by molar-refractivity contribution is -0.142. The number of aryl methyl sites for hydroxylation is 3. The highest BCUT2D eigenvalue weighted by molar-refractivity contribution is 5.83. The Balaban J connectivity index is 0.985. The van der Waals surface area contributed by atoms with E-state index < -0.39 is 24.1 Å². The smallest absolute Gasteiger partial charge is 0.330 e. The zero-order valence-electron chi connectivity index (χ0n) is 40.2. The van der Waals surface area contributed by atoms with Crippen molar-refractivity contribution in [2.45, 2.75) is 33.0 Å². The van der Waals surface area contributed by atoms with E-state index in [1.54, 1.807) is 0 Å². The minimum atomic E-state index is -0.973. The van der Waals surface area contributed by atoms with Crippen LogP contribution in [0.3, 0.4) is 0 Å². The van der Waals surface area contributed by atoms with E-state index in [4.69, 9.17) is 18.9 Å². The third kappa shape index (κ3) is 14.3. The molecule has 0 aromatic heterocycles. The van der Waals surface area contributed by atoms with Crippen molar-refractivity contribution in [3.63, 3.8) is 0 Å². The molecule has 0 bridgehead atoms. The lowest BCUT2D eigenvalue weighted by atomic mass is 10.1. The number of benzene rings is 7. The third-order valence-corrected chi connectivity index (χ3v) is 11.4. The van der Waals surface area contributed by atoms with Crippen molar-refractivity contribution in [3.8, 4) is 11.5 Å². The van der Waals surface area contributed by atoms with Crippen molar-refractivity contribution in [1.82, 2.24) is 0 Å². The first kappa shape index (κ1) is 50.4. The molecule has 0 saturated heterocycles. The van der Waals surface area contributed by atoms with Crippen molar-refractivity contribution in [3.05, 3.63) is 228 Å². The fraction of sp³-hybridized carbons (Fsp3) is 0.148. The molecule has 0 aliphatic heterocycles. The molecule has 0 fully saturated rings. The third-order valence-electron chi connectivity index (χ3n) is 11.4. The standard InChI is InChI=1S/C61H58N2O8/c1-6-60(66)70-41-54(64)39-68-56-33-35-58(44(4)37-56)62(50-11-9-8-10-12-50)52-29-23-48(24-30-52)21-19-46-15-17-47(18-16-46)20-22-49-25-31-53(32-26-49)63(51-27-13-43(3)14-28-51)59-36-34-57(38-45(59)5)69-40-55(65)42-71-61(67)7-2/h6-38,54-55,64-65H,1-2,39-42H2,3-5H3/b21-19+,22-20+. The monoisotopic (exact) mass is 946 g/mol. The van der Waals surface area contributed by atoms with Crippen LogP contribution in [0.15, 0.2) is 189 Å². The van der Waals surface area contributed by atoms with Crippen LogP contribution in [0.25, 0.3) is 24.3 Å². The number of anilines is 6. The highest BCUT2D eigenvalue weighted by atomic mass is 16.6. The van der Waals surface area contributed by atoms with Crippen molar-refractivity contribution in [2.24, 2.45) is 0 Å². The van der Waals surface area contributed by atoms with Gasteiger partial charge in [-0.3, -0.25) is 0 Å². The molecule has 0 heterocycles. The van der Waals surface area contributed by atoms with Gasteiger partial charge >= 0.3 is 11.9 Å². The lowest BCUT2D eigenvalue weighted by Gasteiger charge is -2.27. The van der Waals surface area contributed by atoms with E-state index in [-0.39, 0.29) is 26.4 Å². The Morgan fingerprint density at radius 2 is 0.803 bits per heavy atom. The summed E-state index contributed by atoms with van der Waals surface area (Å²) < 4.78 is 21.5. The summed E-state index contributed by atoms with van der Waals surface area (Å²) in [6.07, 6.45) is 8.60. The van der Waals surface area contributed by atoms with Gasteiger partial charge in [0.05, 0.1) is 0 Å². The summed E-state index contributed by atoms with van der Waals surface area (Å²) in [5, 5.41) is 20.4. The van der Waals surface area contributed by atoms with Gasteiger partial charge in [-0.15, -0.1) is 0 Å². The number of rotatable bonds is 22. The number of esters is 2. The Kier molecular flexibility index (Phi) is 17.6. The molecule has 71 heavy (non-hydrogen) atoms. The number of aliphatic hydroxyl groups excluding tert-OH is 2. The van der Waals surface area contributed by atoms with Gasteiger partial charge in [-0.1, -0.05) is 122 Å². The number of carbonyl (C=O) groups excluding carboxylic acids is 2. The van der Waals surface area contributed by atoms with Gasteiger partial charge in [0, 0.05) is 46.3 Å². The minimum absolute atomic E-state index is 0.0262. The van der Waals surface area contributed by atoms with Crippen molar-refractivity contribution in [2.75, 3.05) is 36.2 Å². The maximum atomic E-state index is 11.4. The van der Waals surface area contributed by atoms with Gasteiger partial charge in [-0.2, -0.15) is 0 Å². The van der Waals surface area contributed by atoms with Gasteiger partial charge in [-0.25, -0.2) is 9.59 Å². The molecule has 2 N–H and O–H groups in total. The predicted molar refractivity (Wildman–Crippen MR) is 286 cm³/mol. The van der Waals surface area contributed by atoms with Gasteiger partial charge in [-0.05, 0) is 139 Å². The fourth-order valence-corrected chi connectivity index (χ4v) is 7.59.